The van der Waals surface area contributed by atoms with Gasteiger partial charge in [0.1, 0.15) is 5.75 Å². The maximum Gasteiger partial charge on any atom is 0.231 e. The lowest BCUT2D eigenvalue weighted by Gasteiger charge is -2.22. The summed E-state index contributed by atoms with van der Waals surface area (Å²) < 4.78 is 5.42. The minimum atomic E-state index is -0.363. The first-order valence-corrected chi connectivity index (χ1v) is 6.98. The first-order chi connectivity index (χ1) is 9.59. The van der Waals surface area contributed by atoms with Crippen molar-refractivity contribution in [1.29, 1.82) is 0 Å². The van der Waals surface area contributed by atoms with Crippen LogP contribution in [0.25, 0.3) is 0 Å². The van der Waals surface area contributed by atoms with E-state index in [-0.39, 0.29) is 17.9 Å². The van der Waals surface area contributed by atoms with E-state index < -0.39 is 0 Å². The highest BCUT2D eigenvalue weighted by atomic mass is 16.5. The third-order valence-electron chi connectivity index (χ3n) is 3.71. The Labute approximate surface area is 119 Å². The molecule has 2 rings (SSSR count). The Bertz CT molecular complexity index is 482. The van der Waals surface area contributed by atoms with Gasteiger partial charge in [-0.3, -0.25) is 4.79 Å². The largest absolute Gasteiger partial charge is 0.494 e. The second-order valence-electron chi connectivity index (χ2n) is 5.36. The zero-order valence-electron chi connectivity index (χ0n) is 12.0. The molecular weight excluding hydrogens is 256 g/mol. The van der Waals surface area contributed by atoms with Gasteiger partial charge in [0.25, 0.3) is 0 Å². The van der Waals surface area contributed by atoms with Crippen LogP contribution in [0, 0.1) is 5.41 Å². The van der Waals surface area contributed by atoms with E-state index in [1.54, 1.807) is 18.2 Å². The highest BCUT2D eigenvalue weighted by Gasteiger charge is 2.36. The predicted octanol–water partition coefficient (Wildman–Crippen LogP) is 1.52. The summed E-state index contributed by atoms with van der Waals surface area (Å²) in [6.07, 6.45) is 0.836. The van der Waals surface area contributed by atoms with Crippen molar-refractivity contribution in [1.82, 2.24) is 5.32 Å². The van der Waals surface area contributed by atoms with Gasteiger partial charge in [-0.2, -0.15) is 0 Å². The molecule has 1 fully saturated rings. The molecule has 1 aliphatic heterocycles. The average molecular weight is 278 g/mol. The molecule has 0 aliphatic carbocycles. The summed E-state index contributed by atoms with van der Waals surface area (Å²) in [4.78, 5) is 12.3. The molecule has 1 heterocycles. The number of carbonyl (C=O) groups is 1. The third kappa shape index (κ3) is 3.11. The van der Waals surface area contributed by atoms with Crippen LogP contribution in [0.1, 0.15) is 25.8 Å². The fourth-order valence-electron chi connectivity index (χ4n) is 2.37. The summed E-state index contributed by atoms with van der Waals surface area (Å²) in [5.74, 6) is 0.664. The number of anilines is 1. The summed E-state index contributed by atoms with van der Waals surface area (Å²) in [7, 11) is 0. The second kappa shape index (κ2) is 6.24. The van der Waals surface area contributed by atoms with Crippen LogP contribution in [0.2, 0.25) is 0 Å². The van der Waals surface area contributed by atoms with Crippen molar-refractivity contribution in [3.05, 3.63) is 23.8 Å². The molecule has 110 valence electrons. The smallest absolute Gasteiger partial charge is 0.231 e. The second-order valence-corrected chi connectivity index (χ2v) is 5.36. The molecule has 1 amide bonds. The lowest BCUT2D eigenvalue weighted by Crippen LogP contribution is -2.35. The van der Waals surface area contributed by atoms with Crippen LogP contribution in [-0.4, -0.2) is 30.7 Å². The van der Waals surface area contributed by atoms with Gasteiger partial charge in [-0.1, -0.05) is 0 Å². The minimum Gasteiger partial charge on any atom is -0.494 e. The van der Waals surface area contributed by atoms with Crippen LogP contribution in [0.3, 0.4) is 0 Å². The van der Waals surface area contributed by atoms with Crippen LogP contribution < -0.4 is 15.4 Å². The maximum absolute atomic E-state index is 12.3. The molecule has 0 saturated carbocycles. The fourth-order valence-corrected chi connectivity index (χ4v) is 2.37. The van der Waals surface area contributed by atoms with Crippen LogP contribution in [0.4, 0.5) is 5.69 Å². The summed E-state index contributed by atoms with van der Waals surface area (Å²) in [6.45, 7) is 5.85. The molecule has 0 spiro atoms. The zero-order valence-corrected chi connectivity index (χ0v) is 12.0. The van der Waals surface area contributed by atoms with Crippen molar-refractivity contribution in [2.75, 3.05) is 25.0 Å². The number of hydrogen-bond donors (Lipinski definition) is 3. The first kappa shape index (κ1) is 14.8. The molecule has 1 saturated heterocycles. The Morgan fingerprint density at radius 1 is 1.55 bits per heavy atom. The van der Waals surface area contributed by atoms with Gasteiger partial charge in [0.15, 0.2) is 0 Å². The lowest BCUT2D eigenvalue weighted by atomic mass is 9.88. The zero-order chi connectivity index (χ0) is 14.6. The number of amides is 1. The summed E-state index contributed by atoms with van der Waals surface area (Å²) >= 11 is 0. The van der Waals surface area contributed by atoms with Gasteiger partial charge >= 0.3 is 0 Å². The van der Waals surface area contributed by atoms with Gasteiger partial charge < -0.3 is 20.5 Å². The number of hydrogen-bond acceptors (Lipinski definition) is 4. The molecule has 1 atom stereocenters. The fraction of sp³-hybridized carbons (Fsp3) is 0.533. The average Bonchev–Trinajstić information content (AvgIpc) is 2.89. The number of carbonyl (C=O) groups excluding carboxylic acids is 1. The number of aliphatic hydroxyl groups is 1. The predicted molar refractivity (Wildman–Crippen MR) is 77.8 cm³/mol. The van der Waals surface area contributed by atoms with Crippen molar-refractivity contribution < 1.29 is 14.6 Å². The molecule has 3 N–H and O–H groups in total. The molecule has 20 heavy (non-hydrogen) atoms. The molecule has 0 radical (unpaired) electrons. The lowest BCUT2D eigenvalue weighted by molar-refractivity contribution is -0.123. The Hall–Kier alpha value is -1.59. The molecule has 0 aromatic heterocycles. The Morgan fingerprint density at radius 2 is 2.35 bits per heavy atom. The van der Waals surface area contributed by atoms with Crippen LogP contribution in [-0.2, 0) is 11.4 Å². The molecular formula is C15H22N2O3. The van der Waals surface area contributed by atoms with Crippen LogP contribution in [0.5, 0.6) is 5.75 Å². The summed E-state index contributed by atoms with van der Waals surface area (Å²) in [5.41, 5.74) is 1.01. The van der Waals surface area contributed by atoms with Crippen molar-refractivity contribution in [2.24, 2.45) is 5.41 Å². The topological polar surface area (TPSA) is 70.6 Å². The standard InChI is InChI=1S/C15H22N2O3/c1-3-20-13-5-4-12(8-11(13)9-18)17-14(19)15(2)6-7-16-10-15/h4-5,8,16,18H,3,6-7,9-10H2,1-2H3,(H,17,19). The summed E-state index contributed by atoms with van der Waals surface area (Å²) in [6, 6.07) is 5.34. The monoisotopic (exact) mass is 278 g/mol. The van der Waals surface area contributed by atoms with Gasteiger partial charge in [0.05, 0.1) is 18.6 Å². The van der Waals surface area contributed by atoms with Gasteiger partial charge in [-0.05, 0) is 45.0 Å². The van der Waals surface area contributed by atoms with E-state index in [1.165, 1.54) is 0 Å². The number of nitrogens with one attached hydrogen (secondary N) is 2. The Kier molecular flexibility index (Phi) is 4.62. The molecule has 1 aromatic rings. The molecule has 0 bridgehead atoms. The van der Waals surface area contributed by atoms with Crippen LogP contribution >= 0.6 is 0 Å². The minimum absolute atomic E-state index is 0.00977. The number of rotatable bonds is 5. The van der Waals surface area contributed by atoms with E-state index in [2.05, 4.69) is 10.6 Å². The van der Waals surface area contributed by atoms with Crippen molar-refractivity contribution >= 4 is 11.6 Å². The highest BCUT2D eigenvalue weighted by molar-refractivity contribution is 5.95. The normalized spacial score (nSPS) is 21.8. The summed E-state index contributed by atoms with van der Waals surface area (Å²) in [5, 5.41) is 15.5. The van der Waals surface area contributed by atoms with Crippen molar-refractivity contribution in [3.8, 4) is 5.75 Å². The van der Waals surface area contributed by atoms with E-state index in [9.17, 15) is 9.90 Å². The van der Waals surface area contributed by atoms with E-state index >= 15 is 0 Å². The van der Waals surface area contributed by atoms with E-state index in [4.69, 9.17) is 4.74 Å². The van der Waals surface area contributed by atoms with Crippen LogP contribution in [0.15, 0.2) is 18.2 Å². The van der Waals surface area contributed by atoms with Gasteiger partial charge in [-0.15, -0.1) is 0 Å². The van der Waals surface area contributed by atoms with E-state index in [1.807, 2.05) is 13.8 Å². The number of ether oxygens (including phenoxy) is 1. The highest BCUT2D eigenvalue weighted by Crippen LogP contribution is 2.28. The van der Waals surface area contributed by atoms with Gasteiger partial charge in [-0.25, -0.2) is 0 Å². The maximum atomic E-state index is 12.3. The van der Waals surface area contributed by atoms with Gasteiger partial charge in [0.2, 0.25) is 5.91 Å². The molecule has 5 nitrogen and oxygen atoms in total. The van der Waals surface area contributed by atoms with Crippen molar-refractivity contribution in [3.63, 3.8) is 0 Å². The van der Waals surface area contributed by atoms with Crippen molar-refractivity contribution in [2.45, 2.75) is 26.9 Å². The van der Waals surface area contributed by atoms with Gasteiger partial charge in [0, 0.05) is 17.8 Å². The molecule has 1 aromatic carbocycles. The number of benzene rings is 1. The SMILES string of the molecule is CCOc1ccc(NC(=O)C2(C)CCNC2)cc1CO. The molecule has 1 aliphatic rings. The molecule has 5 heteroatoms. The quantitative estimate of drug-likeness (QED) is 0.763. The first-order valence-electron chi connectivity index (χ1n) is 6.98. The third-order valence-corrected chi connectivity index (χ3v) is 3.71. The Balaban J connectivity index is 2.11. The Morgan fingerprint density at radius 3 is 2.95 bits per heavy atom. The number of aliphatic hydroxyl groups excluding tert-OH is 1. The van der Waals surface area contributed by atoms with E-state index in [0.29, 0.717) is 30.2 Å². The molecule has 1 unspecified atom stereocenters. The van der Waals surface area contributed by atoms with E-state index in [0.717, 1.165) is 13.0 Å².